The van der Waals surface area contributed by atoms with Gasteiger partial charge in [-0.05, 0) is 0 Å². The number of Topliss-reactive ketones (excluding diaryl/α,β-unsaturated/α-hetero) is 1. The maximum atomic E-state index is 11.7. The summed E-state index contributed by atoms with van der Waals surface area (Å²) >= 11 is 0. The van der Waals surface area contributed by atoms with E-state index in [-0.39, 0.29) is 11.2 Å². The largest absolute Gasteiger partial charge is 0.294 e. The minimum Gasteiger partial charge on any atom is -0.294 e. The SMILES string of the molecule is CC.CC.CC.CC(C)(C)C(=O)c1ccccc1. The maximum Gasteiger partial charge on any atom is 0.168 e. The van der Waals surface area contributed by atoms with Crippen molar-refractivity contribution in [2.45, 2.75) is 62.3 Å². The maximum absolute atomic E-state index is 11.7. The molecule has 0 radical (unpaired) electrons. The lowest BCUT2D eigenvalue weighted by atomic mass is 9.87. The van der Waals surface area contributed by atoms with Crippen molar-refractivity contribution >= 4 is 5.78 Å². The Bertz CT molecular complexity index is 267. The summed E-state index contributed by atoms with van der Waals surface area (Å²) in [6, 6.07) is 9.40. The first kappa shape index (κ1) is 22.1. The van der Waals surface area contributed by atoms with Crippen LogP contribution in [0.2, 0.25) is 0 Å². The van der Waals surface area contributed by atoms with E-state index in [2.05, 4.69) is 0 Å². The number of benzene rings is 1. The van der Waals surface area contributed by atoms with E-state index < -0.39 is 0 Å². The number of hydrogen-bond acceptors (Lipinski definition) is 1. The van der Waals surface area contributed by atoms with E-state index in [1.165, 1.54) is 0 Å². The molecule has 0 bridgehead atoms. The van der Waals surface area contributed by atoms with Crippen molar-refractivity contribution in [3.05, 3.63) is 35.9 Å². The molecule has 0 heterocycles. The Morgan fingerprint density at radius 2 is 1.11 bits per heavy atom. The van der Waals surface area contributed by atoms with Gasteiger partial charge in [-0.1, -0.05) is 92.6 Å². The first-order valence-corrected chi connectivity index (χ1v) is 7.11. The standard InChI is InChI=1S/C11H14O.3C2H6/c1-11(2,3)10(12)9-7-5-4-6-8-9;3*1-2/h4-8H,1-3H3;3*1-2H3. The molecule has 0 saturated heterocycles. The molecule has 18 heavy (non-hydrogen) atoms. The number of hydrogen-bond donors (Lipinski definition) is 0. The minimum atomic E-state index is -0.276. The van der Waals surface area contributed by atoms with Crippen LogP contribution >= 0.6 is 0 Å². The molecule has 0 aromatic heterocycles. The van der Waals surface area contributed by atoms with Crippen LogP contribution in [0.3, 0.4) is 0 Å². The molecular formula is C17H32O. The van der Waals surface area contributed by atoms with E-state index >= 15 is 0 Å². The molecule has 0 unspecified atom stereocenters. The van der Waals surface area contributed by atoms with Gasteiger partial charge in [-0.2, -0.15) is 0 Å². The van der Waals surface area contributed by atoms with E-state index in [1.807, 2.05) is 92.6 Å². The normalized spacial score (nSPS) is 8.50. The van der Waals surface area contributed by atoms with Gasteiger partial charge in [0.2, 0.25) is 0 Å². The molecule has 1 aromatic rings. The zero-order valence-corrected chi connectivity index (χ0v) is 13.8. The van der Waals surface area contributed by atoms with E-state index in [0.29, 0.717) is 0 Å². The lowest BCUT2D eigenvalue weighted by molar-refractivity contribution is 0.0858. The summed E-state index contributed by atoms with van der Waals surface area (Å²) in [5.41, 5.74) is 0.520. The van der Waals surface area contributed by atoms with E-state index in [9.17, 15) is 4.79 Å². The van der Waals surface area contributed by atoms with Crippen LogP contribution in [0.1, 0.15) is 72.7 Å². The zero-order chi connectivity index (χ0) is 15.2. The van der Waals surface area contributed by atoms with Crippen LogP contribution in [-0.4, -0.2) is 5.78 Å². The summed E-state index contributed by atoms with van der Waals surface area (Å²) in [6.07, 6.45) is 0. The average Bonchev–Trinajstić information content (AvgIpc) is 2.44. The van der Waals surface area contributed by atoms with Gasteiger partial charge in [0.05, 0.1) is 0 Å². The highest BCUT2D eigenvalue weighted by Crippen LogP contribution is 2.19. The summed E-state index contributed by atoms with van der Waals surface area (Å²) < 4.78 is 0. The summed E-state index contributed by atoms with van der Waals surface area (Å²) in [7, 11) is 0. The molecule has 0 spiro atoms. The fourth-order valence-electron chi connectivity index (χ4n) is 1.02. The smallest absolute Gasteiger partial charge is 0.168 e. The molecule has 0 aliphatic heterocycles. The molecule has 0 saturated carbocycles. The molecule has 0 atom stereocenters. The summed E-state index contributed by atoms with van der Waals surface area (Å²) in [4.78, 5) is 11.7. The van der Waals surface area contributed by atoms with Crippen molar-refractivity contribution in [2.75, 3.05) is 0 Å². The molecule has 1 heteroatoms. The molecule has 106 valence electrons. The Hall–Kier alpha value is -1.11. The van der Waals surface area contributed by atoms with Crippen LogP contribution in [-0.2, 0) is 0 Å². The van der Waals surface area contributed by atoms with Crippen molar-refractivity contribution in [1.29, 1.82) is 0 Å². The van der Waals surface area contributed by atoms with Gasteiger partial charge in [0, 0.05) is 11.0 Å². The number of carbonyl (C=O) groups excluding carboxylic acids is 1. The van der Waals surface area contributed by atoms with Gasteiger partial charge in [-0.15, -0.1) is 0 Å². The lowest BCUT2D eigenvalue weighted by Crippen LogP contribution is -2.19. The predicted molar refractivity (Wildman–Crippen MR) is 84.3 cm³/mol. The van der Waals surface area contributed by atoms with Gasteiger partial charge in [0.25, 0.3) is 0 Å². The Kier molecular flexibility index (Phi) is 17.1. The molecule has 0 amide bonds. The van der Waals surface area contributed by atoms with Crippen LogP contribution in [0.5, 0.6) is 0 Å². The van der Waals surface area contributed by atoms with Crippen molar-refractivity contribution < 1.29 is 4.79 Å². The highest BCUT2D eigenvalue weighted by atomic mass is 16.1. The van der Waals surface area contributed by atoms with Gasteiger partial charge in [0.15, 0.2) is 5.78 Å². The fraction of sp³-hybridized carbons (Fsp3) is 0.588. The molecule has 0 N–H and O–H groups in total. The van der Waals surface area contributed by atoms with Gasteiger partial charge in [-0.3, -0.25) is 4.79 Å². The van der Waals surface area contributed by atoms with Crippen molar-refractivity contribution in [1.82, 2.24) is 0 Å². The van der Waals surface area contributed by atoms with Gasteiger partial charge in [-0.25, -0.2) is 0 Å². The van der Waals surface area contributed by atoms with E-state index in [4.69, 9.17) is 0 Å². The Labute approximate surface area is 115 Å². The second kappa shape index (κ2) is 14.0. The number of ketones is 1. The van der Waals surface area contributed by atoms with Crippen molar-refractivity contribution in [3.63, 3.8) is 0 Å². The highest BCUT2D eigenvalue weighted by Gasteiger charge is 2.21. The van der Waals surface area contributed by atoms with Crippen molar-refractivity contribution in [2.24, 2.45) is 5.41 Å². The Balaban J connectivity index is -0.000000328. The minimum absolute atomic E-state index is 0.197. The third-order valence-corrected chi connectivity index (χ3v) is 1.72. The highest BCUT2D eigenvalue weighted by molar-refractivity contribution is 5.99. The van der Waals surface area contributed by atoms with Crippen LogP contribution in [0.25, 0.3) is 0 Å². The van der Waals surface area contributed by atoms with Crippen molar-refractivity contribution in [3.8, 4) is 0 Å². The van der Waals surface area contributed by atoms with Crippen LogP contribution in [0.4, 0.5) is 0 Å². The molecule has 0 aliphatic carbocycles. The van der Waals surface area contributed by atoms with Crippen LogP contribution in [0.15, 0.2) is 30.3 Å². The number of rotatable bonds is 1. The monoisotopic (exact) mass is 252 g/mol. The molecular weight excluding hydrogens is 220 g/mol. The molecule has 0 aliphatic rings. The first-order chi connectivity index (χ1) is 8.52. The second-order valence-electron chi connectivity index (χ2n) is 3.95. The quantitative estimate of drug-likeness (QED) is 0.561. The summed E-state index contributed by atoms with van der Waals surface area (Å²) in [5, 5.41) is 0. The lowest BCUT2D eigenvalue weighted by Gasteiger charge is -2.16. The Morgan fingerprint density at radius 1 is 0.778 bits per heavy atom. The fourth-order valence-corrected chi connectivity index (χ4v) is 1.02. The van der Waals surface area contributed by atoms with Gasteiger partial charge < -0.3 is 0 Å². The molecule has 1 aromatic carbocycles. The number of carbonyl (C=O) groups is 1. The molecule has 1 rings (SSSR count). The Morgan fingerprint density at radius 3 is 1.39 bits per heavy atom. The van der Waals surface area contributed by atoms with Crippen LogP contribution in [0, 0.1) is 5.41 Å². The van der Waals surface area contributed by atoms with E-state index in [0.717, 1.165) is 5.56 Å². The third kappa shape index (κ3) is 10.1. The second-order valence-corrected chi connectivity index (χ2v) is 3.95. The van der Waals surface area contributed by atoms with Gasteiger partial charge in [0.1, 0.15) is 0 Å². The van der Waals surface area contributed by atoms with Gasteiger partial charge >= 0.3 is 0 Å². The summed E-state index contributed by atoms with van der Waals surface area (Å²) in [6.45, 7) is 17.8. The average molecular weight is 252 g/mol. The zero-order valence-electron chi connectivity index (χ0n) is 13.8. The molecule has 0 fully saturated rings. The molecule has 1 nitrogen and oxygen atoms in total. The van der Waals surface area contributed by atoms with Crippen LogP contribution < -0.4 is 0 Å². The summed E-state index contributed by atoms with van der Waals surface area (Å²) in [5.74, 6) is 0.197. The topological polar surface area (TPSA) is 17.1 Å². The van der Waals surface area contributed by atoms with E-state index in [1.54, 1.807) is 0 Å². The predicted octanol–water partition coefficient (Wildman–Crippen LogP) is 5.99. The third-order valence-electron chi connectivity index (χ3n) is 1.72. The first-order valence-electron chi connectivity index (χ1n) is 7.11.